The van der Waals surface area contributed by atoms with Gasteiger partial charge in [0.05, 0.1) is 0 Å². The monoisotopic (exact) mass is 116 g/mol. The van der Waals surface area contributed by atoms with Gasteiger partial charge in [-0.1, -0.05) is 5.22 Å². The summed E-state index contributed by atoms with van der Waals surface area (Å²) in [6.45, 7) is 0. The zero-order valence-corrected chi connectivity index (χ0v) is 3.83. The molecule has 44 valence electrons. The van der Waals surface area contributed by atoms with Crippen molar-refractivity contribution in [3.05, 3.63) is 0 Å². The van der Waals surface area contributed by atoms with Crippen molar-refractivity contribution >= 4 is 11.8 Å². The molecule has 0 amide bonds. The van der Waals surface area contributed by atoms with Gasteiger partial charge in [0.1, 0.15) is 0 Å². The molecule has 0 fully saturated rings. The zero-order valence-electron chi connectivity index (χ0n) is 3.83. The van der Waals surface area contributed by atoms with E-state index in [0.29, 0.717) is 0 Å². The summed E-state index contributed by atoms with van der Waals surface area (Å²) in [6, 6.07) is 0. The third kappa shape index (κ3) is 1.85. The van der Waals surface area contributed by atoms with E-state index in [-0.39, 0.29) is 0 Å². The number of hydrogen-bond donors (Lipinski definition) is 3. The molecular formula is C2H4N4O2. The van der Waals surface area contributed by atoms with Crippen LogP contribution in [0.15, 0.2) is 10.3 Å². The molecule has 0 saturated heterocycles. The van der Waals surface area contributed by atoms with Crippen LogP contribution < -0.4 is 5.73 Å². The Morgan fingerprint density at radius 3 is 2.38 bits per heavy atom. The van der Waals surface area contributed by atoms with Gasteiger partial charge < -0.3 is 10.8 Å². The number of nitrogens with zero attached hydrogens (tertiary/aromatic N) is 2. The Morgan fingerprint density at radius 1 is 1.75 bits per heavy atom. The fourth-order valence-electron chi connectivity index (χ4n) is 0.0966. The van der Waals surface area contributed by atoms with Gasteiger partial charge in [0.15, 0.2) is 0 Å². The van der Waals surface area contributed by atoms with Gasteiger partial charge in [-0.3, -0.25) is 0 Å². The van der Waals surface area contributed by atoms with Crippen molar-refractivity contribution in [1.29, 1.82) is 5.53 Å². The number of carboxylic acids is 1. The Kier molecular flexibility index (Phi) is 2.18. The van der Waals surface area contributed by atoms with Crippen LogP contribution in [-0.4, -0.2) is 16.9 Å². The van der Waals surface area contributed by atoms with Crippen LogP contribution in [0.3, 0.4) is 0 Å². The van der Waals surface area contributed by atoms with E-state index in [1.165, 1.54) is 0 Å². The Hall–Kier alpha value is -1.46. The first-order chi connectivity index (χ1) is 3.68. The average Bonchev–Trinajstić information content (AvgIpc) is 1.67. The summed E-state index contributed by atoms with van der Waals surface area (Å²) in [5.41, 5.74) is 10.7. The highest BCUT2D eigenvalue weighted by atomic mass is 16.4. The SMILES string of the molecule is N=N/N=C(\N)C(=O)O. The van der Waals surface area contributed by atoms with Crippen LogP contribution in [0.1, 0.15) is 0 Å². The van der Waals surface area contributed by atoms with Gasteiger partial charge in [-0.2, -0.15) is 5.53 Å². The highest BCUT2D eigenvalue weighted by Gasteiger charge is 1.99. The Bertz CT molecular complexity index is 139. The van der Waals surface area contributed by atoms with Gasteiger partial charge in [0.2, 0.25) is 5.84 Å². The molecule has 0 aromatic heterocycles. The molecule has 0 aliphatic rings. The lowest BCUT2D eigenvalue weighted by Gasteiger charge is -1.82. The van der Waals surface area contributed by atoms with Crippen molar-refractivity contribution in [2.24, 2.45) is 16.1 Å². The van der Waals surface area contributed by atoms with Crippen molar-refractivity contribution in [1.82, 2.24) is 0 Å². The van der Waals surface area contributed by atoms with E-state index in [1.54, 1.807) is 0 Å². The molecule has 8 heavy (non-hydrogen) atoms. The number of aliphatic carboxylic acids is 1. The lowest BCUT2D eigenvalue weighted by atomic mass is 10.6. The summed E-state index contributed by atoms with van der Waals surface area (Å²) in [4.78, 5) is 9.69. The van der Waals surface area contributed by atoms with Crippen LogP contribution in [0.2, 0.25) is 0 Å². The molecule has 0 radical (unpaired) electrons. The number of nitrogens with one attached hydrogen (secondary N) is 1. The summed E-state index contributed by atoms with van der Waals surface area (Å²) in [6.07, 6.45) is 0. The van der Waals surface area contributed by atoms with Crippen LogP contribution in [0.4, 0.5) is 0 Å². The molecular weight excluding hydrogens is 112 g/mol. The normalized spacial score (nSPS) is 10.8. The summed E-state index contributed by atoms with van der Waals surface area (Å²) in [5, 5.41) is 13.0. The summed E-state index contributed by atoms with van der Waals surface area (Å²) >= 11 is 0. The number of carboxylic acid groups (broad SMARTS) is 1. The molecule has 0 saturated carbocycles. The standard InChI is InChI=1S/C2H4N4O2/c3-1(2(7)8)5-6-4/h(H,7,8)(H3,3,4,5). The van der Waals surface area contributed by atoms with Gasteiger partial charge >= 0.3 is 5.97 Å². The molecule has 0 aromatic carbocycles. The van der Waals surface area contributed by atoms with Gasteiger partial charge in [0.25, 0.3) is 0 Å². The van der Waals surface area contributed by atoms with E-state index in [4.69, 9.17) is 10.6 Å². The molecule has 0 spiro atoms. The van der Waals surface area contributed by atoms with Gasteiger partial charge in [-0.05, 0) is 0 Å². The summed E-state index contributed by atoms with van der Waals surface area (Å²) in [7, 11) is 0. The third-order valence-electron chi connectivity index (χ3n) is 0.377. The Balaban J connectivity index is 3.99. The minimum Gasteiger partial charge on any atom is -0.475 e. The van der Waals surface area contributed by atoms with E-state index in [1.807, 2.05) is 0 Å². The second-order valence-corrected chi connectivity index (χ2v) is 0.890. The number of hydrogen-bond acceptors (Lipinski definition) is 3. The number of nitrogens with two attached hydrogens (primary N) is 1. The molecule has 0 rings (SSSR count). The van der Waals surface area contributed by atoms with Crippen molar-refractivity contribution in [2.45, 2.75) is 0 Å². The largest absolute Gasteiger partial charge is 0.475 e. The second-order valence-electron chi connectivity index (χ2n) is 0.890. The highest BCUT2D eigenvalue weighted by molar-refractivity contribution is 6.33. The second kappa shape index (κ2) is 2.67. The maximum absolute atomic E-state index is 9.69. The predicted octanol–water partition coefficient (Wildman–Crippen LogP) is -0.626. The summed E-state index contributed by atoms with van der Waals surface area (Å²) < 4.78 is 0. The topological polar surface area (TPSA) is 112 Å². The van der Waals surface area contributed by atoms with Crippen molar-refractivity contribution in [3.8, 4) is 0 Å². The fourth-order valence-corrected chi connectivity index (χ4v) is 0.0966. The van der Waals surface area contributed by atoms with Crippen LogP contribution in [-0.2, 0) is 4.79 Å². The quantitative estimate of drug-likeness (QED) is 0.183. The van der Waals surface area contributed by atoms with Gasteiger partial charge in [-0.25, -0.2) is 4.79 Å². The van der Waals surface area contributed by atoms with Crippen LogP contribution in [0.5, 0.6) is 0 Å². The maximum Gasteiger partial charge on any atom is 0.373 e. The van der Waals surface area contributed by atoms with Crippen molar-refractivity contribution in [3.63, 3.8) is 0 Å². The molecule has 0 aliphatic heterocycles. The van der Waals surface area contributed by atoms with Crippen LogP contribution >= 0.6 is 0 Å². The molecule has 0 atom stereocenters. The lowest BCUT2D eigenvalue weighted by Crippen LogP contribution is -2.22. The first-order valence-corrected chi connectivity index (χ1v) is 1.61. The molecule has 0 bridgehead atoms. The maximum atomic E-state index is 9.69. The molecule has 6 nitrogen and oxygen atoms in total. The minimum atomic E-state index is -1.37. The first-order valence-electron chi connectivity index (χ1n) is 1.61. The first kappa shape index (κ1) is 6.54. The highest BCUT2D eigenvalue weighted by Crippen LogP contribution is 1.69. The average molecular weight is 116 g/mol. The molecule has 6 heteroatoms. The minimum absolute atomic E-state index is 0.681. The molecule has 0 unspecified atom stereocenters. The Morgan fingerprint density at radius 2 is 2.25 bits per heavy atom. The third-order valence-corrected chi connectivity index (χ3v) is 0.377. The molecule has 0 heterocycles. The van der Waals surface area contributed by atoms with Gasteiger partial charge in [0, 0.05) is 0 Å². The van der Waals surface area contributed by atoms with E-state index in [9.17, 15) is 4.79 Å². The number of amidine groups is 1. The molecule has 0 aliphatic carbocycles. The number of rotatable bonds is 1. The van der Waals surface area contributed by atoms with E-state index >= 15 is 0 Å². The number of carbonyl (C=O) groups is 1. The zero-order chi connectivity index (χ0) is 6.57. The van der Waals surface area contributed by atoms with Crippen LogP contribution in [0.25, 0.3) is 0 Å². The van der Waals surface area contributed by atoms with E-state index in [0.717, 1.165) is 0 Å². The Labute approximate surface area is 44.5 Å². The van der Waals surface area contributed by atoms with E-state index < -0.39 is 11.8 Å². The molecule has 0 aromatic rings. The lowest BCUT2D eigenvalue weighted by molar-refractivity contribution is -0.129. The fraction of sp³-hybridized carbons (Fsp3) is 0. The van der Waals surface area contributed by atoms with Gasteiger partial charge in [-0.15, -0.1) is 5.10 Å². The van der Waals surface area contributed by atoms with Crippen LogP contribution in [0, 0.1) is 5.53 Å². The molecule has 4 N–H and O–H groups in total. The smallest absolute Gasteiger partial charge is 0.373 e. The van der Waals surface area contributed by atoms with E-state index in [2.05, 4.69) is 16.1 Å². The summed E-state index contributed by atoms with van der Waals surface area (Å²) in [5.74, 6) is -2.05. The predicted molar refractivity (Wildman–Crippen MR) is 24.4 cm³/mol. The van der Waals surface area contributed by atoms with Crippen molar-refractivity contribution in [2.75, 3.05) is 0 Å². The van der Waals surface area contributed by atoms with Crippen molar-refractivity contribution < 1.29 is 9.90 Å².